The number of benzene rings is 1. The first-order chi connectivity index (χ1) is 11.0. The number of hydrogen-bond donors (Lipinski definition) is 0. The fraction of sp³-hybridized carbons (Fsp3) is 0.667. The molecule has 2 rings (SSSR count). The maximum atomic E-state index is 13.2. The Morgan fingerprint density at radius 3 is 2.30 bits per heavy atom. The van der Waals surface area contributed by atoms with E-state index in [0.717, 1.165) is 37.3 Å². The van der Waals surface area contributed by atoms with Crippen LogP contribution < -0.4 is 4.90 Å². The molecule has 1 aromatic carbocycles. The van der Waals surface area contributed by atoms with Gasteiger partial charge in [0.1, 0.15) is 0 Å². The van der Waals surface area contributed by atoms with Crippen LogP contribution in [0.25, 0.3) is 0 Å². The molecule has 0 N–H and O–H groups in total. The zero-order valence-electron chi connectivity index (χ0n) is 15.6. The van der Waals surface area contributed by atoms with Crippen molar-refractivity contribution in [3.8, 4) is 0 Å². The zero-order chi connectivity index (χ0) is 17.0. The summed E-state index contributed by atoms with van der Waals surface area (Å²) in [4.78, 5) is 15.3. The molecule has 0 bridgehead atoms. The highest BCUT2D eigenvalue weighted by molar-refractivity contribution is 5.96. The average Bonchev–Trinajstić information content (AvgIpc) is 2.55. The first kappa shape index (κ1) is 18.0. The van der Waals surface area contributed by atoms with Gasteiger partial charge in [-0.15, -0.1) is 0 Å². The quantitative estimate of drug-likeness (QED) is 0.714. The molecule has 0 unspecified atom stereocenters. The van der Waals surface area contributed by atoms with Crippen molar-refractivity contribution in [1.29, 1.82) is 0 Å². The molecule has 23 heavy (non-hydrogen) atoms. The first-order valence-electron chi connectivity index (χ1n) is 9.42. The van der Waals surface area contributed by atoms with E-state index >= 15 is 0 Å². The van der Waals surface area contributed by atoms with Gasteiger partial charge in [0.25, 0.3) is 0 Å². The third-order valence-corrected chi connectivity index (χ3v) is 5.32. The lowest BCUT2D eigenvalue weighted by Gasteiger charge is -2.35. The molecule has 0 saturated heterocycles. The molecule has 1 fully saturated rings. The van der Waals surface area contributed by atoms with Gasteiger partial charge in [-0.25, -0.2) is 0 Å². The van der Waals surface area contributed by atoms with Gasteiger partial charge >= 0.3 is 0 Å². The summed E-state index contributed by atoms with van der Waals surface area (Å²) in [5.41, 5.74) is 3.74. The van der Waals surface area contributed by atoms with E-state index in [1.165, 1.54) is 24.0 Å². The molecule has 1 amide bonds. The summed E-state index contributed by atoms with van der Waals surface area (Å²) in [5, 5.41) is 0. The summed E-state index contributed by atoms with van der Waals surface area (Å²) < 4.78 is 0. The SMILES string of the molecule is CCc1ccc(CC)c(N(C(=O)C2CCC(C)CC2)C(C)C)c1. The second-order valence-electron chi connectivity index (χ2n) is 7.43. The van der Waals surface area contributed by atoms with E-state index in [2.05, 4.69) is 57.7 Å². The topological polar surface area (TPSA) is 20.3 Å². The van der Waals surface area contributed by atoms with Gasteiger partial charge < -0.3 is 4.90 Å². The third kappa shape index (κ3) is 4.16. The highest BCUT2D eigenvalue weighted by Crippen LogP contribution is 2.33. The fourth-order valence-electron chi connectivity index (χ4n) is 3.71. The Bertz CT molecular complexity index is 527. The van der Waals surface area contributed by atoms with Crippen LogP contribution in [0.5, 0.6) is 0 Å². The van der Waals surface area contributed by atoms with Crippen LogP contribution in [0.2, 0.25) is 0 Å². The van der Waals surface area contributed by atoms with Crippen LogP contribution >= 0.6 is 0 Å². The second-order valence-corrected chi connectivity index (χ2v) is 7.43. The Kier molecular flexibility index (Phi) is 6.26. The van der Waals surface area contributed by atoms with Crippen LogP contribution in [0.15, 0.2) is 18.2 Å². The molecule has 0 atom stereocenters. The standard InChI is InChI=1S/C21H33NO/c1-6-17-10-13-18(7-2)20(14-17)22(15(3)4)21(23)19-11-8-16(5)9-12-19/h10,13-16,19H,6-9,11-12H2,1-5H3. The first-order valence-corrected chi connectivity index (χ1v) is 9.42. The lowest BCUT2D eigenvalue weighted by molar-refractivity contribution is -0.123. The predicted octanol–water partition coefficient (Wildman–Crippen LogP) is 5.38. The highest BCUT2D eigenvalue weighted by atomic mass is 16.2. The van der Waals surface area contributed by atoms with Crippen LogP contribution in [-0.4, -0.2) is 11.9 Å². The summed E-state index contributed by atoms with van der Waals surface area (Å²) >= 11 is 0. The Morgan fingerprint density at radius 2 is 1.78 bits per heavy atom. The molecular weight excluding hydrogens is 282 g/mol. The molecule has 0 aromatic heterocycles. The molecule has 128 valence electrons. The van der Waals surface area contributed by atoms with Crippen molar-refractivity contribution in [2.45, 2.75) is 79.2 Å². The molecule has 1 aromatic rings. The van der Waals surface area contributed by atoms with Gasteiger partial charge in [0.05, 0.1) is 0 Å². The van der Waals surface area contributed by atoms with Gasteiger partial charge in [0.15, 0.2) is 0 Å². The largest absolute Gasteiger partial charge is 0.309 e. The maximum absolute atomic E-state index is 13.2. The third-order valence-electron chi connectivity index (χ3n) is 5.32. The van der Waals surface area contributed by atoms with E-state index in [-0.39, 0.29) is 12.0 Å². The lowest BCUT2D eigenvalue weighted by atomic mass is 9.82. The normalized spacial score (nSPS) is 21.5. The Labute approximate surface area is 142 Å². The van der Waals surface area contributed by atoms with Crippen molar-refractivity contribution < 1.29 is 4.79 Å². The Morgan fingerprint density at radius 1 is 1.13 bits per heavy atom. The number of carbonyl (C=O) groups is 1. The van der Waals surface area contributed by atoms with Crippen LogP contribution in [0.1, 0.15) is 71.4 Å². The minimum absolute atomic E-state index is 0.208. The Balaban J connectivity index is 2.32. The molecule has 0 spiro atoms. The minimum Gasteiger partial charge on any atom is -0.309 e. The number of hydrogen-bond acceptors (Lipinski definition) is 1. The van der Waals surface area contributed by atoms with E-state index in [1.54, 1.807) is 0 Å². The summed E-state index contributed by atoms with van der Waals surface area (Å²) in [6, 6.07) is 6.86. The molecule has 1 aliphatic rings. The maximum Gasteiger partial charge on any atom is 0.230 e. The van der Waals surface area contributed by atoms with Gasteiger partial charge in [0.2, 0.25) is 5.91 Å². The Hall–Kier alpha value is -1.31. The van der Waals surface area contributed by atoms with Gasteiger partial charge in [0, 0.05) is 17.6 Å². The lowest BCUT2D eigenvalue weighted by Crippen LogP contribution is -2.42. The predicted molar refractivity (Wildman–Crippen MR) is 98.9 cm³/mol. The number of carbonyl (C=O) groups excluding carboxylic acids is 1. The second kappa shape index (κ2) is 7.99. The molecule has 0 aliphatic heterocycles. The molecule has 0 radical (unpaired) electrons. The molecule has 0 heterocycles. The number of nitrogens with zero attached hydrogens (tertiary/aromatic N) is 1. The van der Waals surface area contributed by atoms with Crippen LogP contribution in [0.4, 0.5) is 5.69 Å². The molecule has 2 heteroatoms. The van der Waals surface area contributed by atoms with Gasteiger partial charge in [-0.3, -0.25) is 4.79 Å². The van der Waals surface area contributed by atoms with Crippen molar-refractivity contribution in [2.24, 2.45) is 11.8 Å². The van der Waals surface area contributed by atoms with Crippen LogP contribution in [0, 0.1) is 11.8 Å². The van der Waals surface area contributed by atoms with Crippen molar-refractivity contribution in [3.05, 3.63) is 29.3 Å². The summed E-state index contributed by atoms with van der Waals surface area (Å²) in [7, 11) is 0. The van der Waals surface area contributed by atoms with Crippen molar-refractivity contribution in [2.75, 3.05) is 4.90 Å². The fourth-order valence-corrected chi connectivity index (χ4v) is 3.71. The highest BCUT2D eigenvalue weighted by Gasteiger charge is 2.31. The van der Waals surface area contributed by atoms with Gasteiger partial charge in [-0.1, -0.05) is 32.9 Å². The van der Waals surface area contributed by atoms with Crippen molar-refractivity contribution in [3.63, 3.8) is 0 Å². The average molecular weight is 316 g/mol. The smallest absolute Gasteiger partial charge is 0.230 e. The summed E-state index contributed by atoms with van der Waals surface area (Å²) in [5.74, 6) is 1.33. The number of anilines is 1. The van der Waals surface area contributed by atoms with Crippen LogP contribution in [0.3, 0.4) is 0 Å². The van der Waals surface area contributed by atoms with E-state index in [4.69, 9.17) is 0 Å². The number of aryl methyl sites for hydroxylation is 2. The van der Waals surface area contributed by atoms with E-state index in [1.807, 2.05) is 0 Å². The van der Waals surface area contributed by atoms with E-state index in [0.29, 0.717) is 5.91 Å². The van der Waals surface area contributed by atoms with E-state index in [9.17, 15) is 4.79 Å². The zero-order valence-corrected chi connectivity index (χ0v) is 15.6. The number of rotatable bonds is 5. The van der Waals surface area contributed by atoms with Gasteiger partial charge in [-0.2, -0.15) is 0 Å². The monoisotopic (exact) mass is 315 g/mol. The number of amides is 1. The minimum atomic E-state index is 0.208. The van der Waals surface area contributed by atoms with Crippen molar-refractivity contribution >= 4 is 11.6 Å². The van der Waals surface area contributed by atoms with Gasteiger partial charge in [-0.05, 0) is 75.5 Å². The summed E-state index contributed by atoms with van der Waals surface area (Å²) in [6.07, 6.45) is 6.47. The molecule has 1 aliphatic carbocycles. The van der Waals surface area contributed by atoms with Crippen molar-refractivity contribution in [1.82, 2.24) is 0 Å². The molecule has 2 nitrogen and oxygen atoms in total. The van der Waals surface area contributed by atoms with Crippen LogP contribution in [-0.2, 0) is 17.6 Å². The van der Waals surface area contributed by atoms with E-state index < -0.39 is 0 Å². The molecular formula is C21H33NO. The molecule has 1 saturated carbocycles. The summed E-state index contributed by atoms with van der Waals surface area (Å²) in [6.45, 7) is 10.9.